The van der Waals surface area contributed by atoms with Crippen molar-refractivity contribution >= 4 is 15.9 Å². The monoisotopic (exact) mass is 323 g/mol. The van der Waals surface area contributed by atoms with Crippen molar-refractivity contribution in [3.05, 3.63) is 21.8 Å². The predicted octanol–water partition coefficient (Wildman–Crippen LogP) is 4.07. The Morgan fingerprint density at radius 3 is 2.12 bits per heavy atom. The van der Waals surface area contributed by atoms with Crippen molar-refractivity contribution in [2.75, 3.05) is 0 Å². The summed E-state index contributed by atoms with van der Waals surface area (Å²) >= 11 is 2.64. The topological polar surface area (TPSA) is 22.1 Å². The molecule has 0 spiro atoms. The molecule has 9 heteroatoms. The molecule has 1 aromatic heterocycles. The van der Waals surface area contributed by atoms with Gasteiger partial charge in [-0.25, -0.2) is 4.98 Å². The summed E-state index contributed by atoms with van der Waals surface area (Å²) in [5.74, 6) is -1.16. The summed E-state index contributed by atoms with van der Waals surface area (Å²) < 4.78 is 75.9. The van der Waals surface area contributed by atoms with Crippen LogP contribution in [-0.4, -0.2) is 11.3 Å². The van der Waals surface area contributed by atoms with Crippen LogP contribution in [0.5, 0.6) is 5.88 Å². The van der Waals surface area contributed by atoms with Crippen molar-refractivity contribution in [2.24, 2.45) is 0 Å². The van der Waals surface area contributed by atoms with Crippen LogP contribution in [-0.2, 0) is 6.18 Å². The van der Waals surface area contributed by atoms with Gasteiger partial charge in [-0.1, -0.05) is 0 Å². The lowest BCUT2D eigenvalue weighted by Gasteiger charge is -2.14. The third-order valence-corrected chi connectivity index (χ3v) is 2.49. The summed E-state index contributed by atoms with van der Waals surface area (Å²) in [6, 6.07) is 0.202. The van der Waals surface area contributed by atoms with E-state index in [9.17, 15) is 26.3 Å². The number of halogens is 7. The van der Waals surface area contributed by atoms with E-state index in [4.69, 9.17) is 0 Å². The maximum absolute atomic E-state index is 12.5. The highest BCUT2D eigenvalue weighted by Gasteiger charge is 2.37. The SMILES string of the molecule is Cc1c(C(F)(F)F)cc(OC(F)(F)F)nc1Br. The Bertz CT molecular complexity index is 427. The predicted molar refractivity (Wildman–Crippen MR) is 48.4 cm³/mol. The van der Waals surface area contributed by atoms with Gasteiger partial charge in [0.2, 0.25) is 5.88 Å². The van der Waals surface area contributed by atoms with E-state index in [2.05, 4.69) is 25.7 Å². The van der Waals surface area contributed by atoms with Crippen LogP contribution in [0, 0.1) is 6.92 Å². The lowest BCUT2D eigenvalue weighted by Crippen LogP contribution is -2.19. The van der Waals surface area contributed by atoms with E-state index in [0.717, 1.165) is 6.92 Å². The Balaban J connectivity index is 3.25. The minimum atomic E-state index is -5.09. The van der Waals surface area contributed by atoms with Crippen molar-refractivity contribution in [1.82, 2.24) is 4.98 Å². The molecule has 17 heavy (non-hydrogen) atoms. The Labute approximate surface area is 99.7 Å². The average molecular weight is 324 g/mol. The first-order valence-electron chi connectivity index (χ1n) is 4.01. The minimum absolute atomic E-state index is 0.202. The summed E-state index contributed by atoms with van der Waals surface area (Å²) in [5, 5.41) is 0. The summed E-state index contributed by atoms with van der Waals surface area (Å²) in [6.45, 7) is 1.08. The molecule has 0 aliphatic heterocycles. The van der Waals surface area contributed by atoms with E-state index in [1.807, 2.05) is 0 Å². The molecule has 2 nitrogen and oxygen atoms in total. The fourth-order valence-electron chi connectivity index (χ4n) is 1.02. The van der Waals surface area contributed by atoms with Gasteiger partial charge in [-0.2, -0.15) is 13.2 Å². The molecule has 96 valence electrons. The molecular formula is C8H4BrF6NO. The molecule has 0 radical (unpaired) electrons. The van der Waals surface area contributed by atoms with Crippen LogP contribution in [0.2, 0.25) is 0 Å². The molecule has 1 heterocycles. The van der Waals surface area contributed by atoms with E-state index in [-0.39, 0.29) is 16.2 Å². The molecule has 0 saturated carbocycles. The zero-order valence-corrected chi connectivity index (χ0v) is 9.66. The lowest BCUT2D eigenvalue weighted by atomic mass is 10.1. The Morgan fingerprint density at radius 2 is 1.71 bits per heavy atom. The van der Waals surface area contributed by atoms with Gasteiger partial charge in [-0.15, -0.1) is 13.2 Å². The molecule has 0 unspecified atom stereocenters. The molecule has 0 atom stereocenters. The number of nitrogens with zero attached hydrogens (tertiary/aromatic N) is 1. The maximum atomic E-state index is 12.5. The molecule has 1 rings (SSSR count). The summed E-state index contributed by atoms with van der Waals surface area (Å²) in [6.07, 6.45) is -9.87. The third-order valence-electron chi connectivity index (χ3n) is 1.72. The number of rotatable bonds is 1. The standard InChI is InChI=1S/C8H4BrF6NO/c1-3-4(7(10,11)12)2-5(16-6(3)9)17-8(13,14)15/h2H,1H3. The number of aromatic nitrogens is 1. The fourth-order valence-corrected chi connectivity index (χ4v) is 1.41. The molecule has 0 saturated heterocycles. The number of ether oxygens (including phenoxy) is 1. The van der Waals surface area contributed by atoms with Crippen LogP contribution in [0.15, 0.2) is 10.7 Å². The van der Waals surface area contributed by atoms with Gasteiger partial charge >= 0.3 is 12.5 Å². The van der Waals surface area contributed by atoms with Crippen LogP contribution in [0.3, 0.4) is 0 Å². The molecule has 0 aliphatic carbocycles. The van der Waals surface area contributed by atoms with Crippen molar-refractivity contribution in [3.8, 4) is 5.88 Å². The molecular weight excluding hydrogens is 320 g/mol. The molecule has 0 aliphatic rings. The second-order valence-electron chi connectivity index (χ2n) is 2.97. The zero-order valence-electron chi connectivity index (χ0n) is 8.08. The van der Waals surface area contributed by atoms with Gasteiger partial charge in [-0.3, -0.25) is 0 Å². The molecule has 1 aromatic rings. The van der Waals surface area contributed by atoms with E-state index >= 15 is 0 Å². The second-order valence-corrected chi connectivity index (χ2v) is 3.72. The first kappa shape index (κ1) is 14.1. The number of hydrogen-bond donors (Lipinski definition) is 0. The largest absolute Gasteiger partial charge is 0.574 e. The fraction of sp³-hybridized carbons (Fsp3) is 0.375. The van der Waals surface area contributed by atoms with E-state index in [1.54, 1.807) is 0 Å². The van der Waals surface area contributed by atoms with E-state index in [0.29, 0.717) is 0 Å². The zero-order chi connectivity index (χ0) is 13.4. The number of alkyl halides is 6. The maximum Gasteiger partial charge on any atom is 0.574 e. The second kappa shape index (κ2) is 4.35. The summed E-state index contributed by atoms with van der Waals surface area (Å²) in [4.78, 5) is 3.21. The highest BCUT2D eigenvalue weighted by Crippen LogP contribution is 2.37. The summed E-state index contributed by atoms with van der Waals surface area (Å²) in [5.41, 5.74) is -1.55. The van der Waals surface area contributed by atoms with Crippen molar-refractivity contribution in [1.29, 1.82) is 0 Å². The van der Waals surface area contributed by atoms with Gasteiger partial charge in [0.1, 0.15) is 4.60 Å². The molecule has 0 amide bonds. The lowest BCUT2D eigenvalue weighted by molar-refractivity contribution is -0.276. The Hall–Kier alpha value is -0.990. The molecule has 0 fully saturated rings. The van der Waals surface area contributed by atoms with Gasteiger partial charge in [-0.05, 0) is 28.4 Å². The average Bonchev–Trinajstić information content (AvgIpc) is 2.06. The number of pyridine rings is 1. The van der Waals surface area contributed by atoms with Crippen molar-refractivity contribution in [3.63, 3.8) is 0 Å². The van der Waals surface area contributed by atoms with Crippen LogP contribution >= 0.6 is 15.9 Å². The smallest absolute Gasteiger partial charge is 0.388 e. The minimum Gasteiger partial charge on any atom is -0.388 e. The number of hydrogen-bond acceptors (Lipinski definition) is 2. The normalized spacial score (nSPS) is 12.7. The van der Waals surface area contributed by atoms with E-state index in [1.165, 1.54) is 0 Å². The highest BCUT2D eigenvalue weighted by atomic mass is 79.9. The van der Waals surface area contributed by atoms with Crippen LogP contribution in [0.4, 0.5) is 26.3 Å². The first-order valence-corrected chi connectivity index (χ1v) is 4.80. The Morgan fingerprint density at radius 1 is 1.18 bits per heavy atom. The molecule has 0 bridgehead atoms. The van der Waals surface area contributed by atoms with Crippen LogP contribution in [0.1, 0.15) is 11.1 Å². The Kier molecular flexibility index (Phi) is 3.60. The van der Waals surface area contributed by atoms with Gasteiger partial charge in [0.25, 0.3) is 0 Å². The van der Waals surface area contributed by atoms with Gasteiger partial charge in [0.05, 0.1) is 5.56 Å². The van der Waals surface area contributed by atoms with Crippen LogP contribution < -0.4 is 4.74 Å². The van der Waals surface area contributed by atoms with E-state index < -0.39 is 24.0 Å². The van der Waals surface area contributed by atoms with Gasteiger partial charge in [0, 0.05) is 6.07 Å². The van der Waals surface area contributed by atoms with Crippen molar-refractivity contribution in [2.45, 2.75) is 19.5 Å². The van der Waals surface area contributed by atoms with Gasteiger partial charge in [0.15, 0.2) is 0 Å². The van der Waals surface area contributed by atoms with Crippen molar-refractivity contribution < 1.29 is 31.1 Å². The summed E-state index contributed by atoms with van der Waals surface area (Å²) in [7, 11) is 0. The third kappa shape index (κ3) is 3.76. The van der Waals surface area contributed by atoms with Crippen LogP contribution in [0.25, 0.3) is 0 Å². The first-order chi connectivity index (χ1) is 7.50. The quantitative estimate of drug-likeness (QED) is 0.574. The molecule has 0 N–H and O–H groups in total. The van der Waals surface area contributed by atoms with Gasteiger partial charge < -0.3 is 4.74 Å². The highest BCUT2D eigenvalue weighted by molar-refractivity contribution is 9.10. The molecule has 0 aromatic carbocycles.